The van der Waals surface area contributed by atoms with E-state index in [0.29, 0.717) is 0 Å². The zero-order valence-corrected chi connectivity index (χ0v) is 11.5. The molecule has 0 atom stereocenters. The van der Waals surface area contributed by atoms with Crippen molar-refractivity contribution in [2.45, 2.75) is 33.1 Å². The van der Waals surface area contributed by atoms with Gasteiger partial charge in [0.05, 0.1) is 0 Å². The summed E-state index contributed by atoms with van der Waals surface area (Å²) in [7, 11) is 0. The first-order chi connectivity index (χ1) is 4.81. The van der Waals surface area contributed by atoms with Crippen LogP contribution in [0.1, 0.15) is 33.1 Å². The molecule has 0 radical (unpaired) electrons. The van der Waals surface area contributed by atoms with Gasteiger partial charge in [0.2, 0.25) is 0 Å². The van der Waals surface area contributed by atoms with Gasteiger partial charge in [-0.05, 0) is 0 Å². The van der Waals surface area contributed by atoms with Gasteiger partial charge >= 0.3 is 47.4 Å². The van der Waals surface area contributed by atoms with Gasteiger partial charge in [0, 0.05) is 0 Å². The van der Waals surface area contributed by atoms with Gasteiger partial charge in [-0.25, -0.2) is 0 Å². The van der Waals surface area contributed by atoms with Crippen LogP contribution in [0.3, 0.4) is 0 Å². The molecule has 0 unspecified atom stereocenters. The average Bonchev–Trinajstić information content (AvgIpc) is 2.40. The summed E-state index contributed by atoms with van der Waals surface area (Å²) in [5.41, 5.74) is 0. The van der Waals surface area contributed by atoms with Crippen molar-refractivity contribution >= 4 is 18.6 Å². The van der Waals surface area contributed by atoms with Gasteiger partial charge in [-0.2, -0.15) is 0 Å². The summed E-state index contributed by atoms with van der Waals surface area (Å²) in [5, 5.41) is 0. The zero-order chi connectivity index (χ0) is 7.82. The summed E-state index contributed by atoms with van der Waals surface area (Å²) in [6, 6.07) is 0. The Kier molecular flexibility index (Phi) is 7.31. The van der Waals surface area contributed by atoms with Crippen LogP contribution in [-0.2, 0) is 0 Å². The maximum atomic E-state index is 2.22. The molecular weight excluding hydrogens is 178 g/mol. The average molecular weight is 195 g/mol. The Labute approximate surface area is 74.3 Å². The molecule has 0 aliphatic heterocycles. The molecule has 1 heteroatoms. The second-order valence-electron chi connectivity index (χ2n) is 2.65. The Morgan fingerprint density at radius 2 is 2.00 bits per heavy atom. The molecule has 0 aromatic carbocycles. The second kappa shape index (κ2) is 7.23. The third-order valence-corrected chi connectivity index (χ3v) is 3.01. The van der Waals surface area contributed by atoms with Gasteiger partial charge in [-0.3, -0.25) is 0 Å². The monoisotopic (exact) mass is 194 g/mol. The molecule has 0 amide bonds. The van der Waals surface area contributed by atoms with Crippen molar-refractivity contribution in [1.82, 2.24) is 0 Å². The summed E-state index contributed by atoms with van der Waals surface area (Å²) >= 11 is 0.941. The van der Waals surface area contributed by atoms with Gasteiger partial charge in [0.25, 0.3) is 0 Å². The molecule has 0 heterocycles. The molecule has 56 valence electrons. The number of unbranched alkanes of at least 4 members (excludes halogenated alkanes) is 1. The molecule has 0 nitrogen and oxygen atoms in total. The van der Waals surface area contributed by atoms with Crippen molar-refractivity contribution < 1.29 is 0 Å². The van der Waals surface area contributed by atoms with Crippen LogP contribution in [-0.4, -0.2) is 18.6 Å². The van der Waals surface area contributed by atoms with Crippen molar-refractivity contribution in [2.75, 3.05) is 0 Å². The van der Waals surface area contributed by atoms with Crippen molar-refractivity contribution in [1.29, 1.82) is 0 Å². The van der Waals surface area contributed by atoms with Crippen LogP contribution in [0.25, 0.3) is 0 Å². The van der Waals surface area contributed by atoms with Gasteiger partial charge in [-0.1, -0.05) is 26.7 Å². The Hall–Kier alpha value is 0.116. The molecular formula is C9H17Ga. The van der Waals surface area contributed by atoms with Crippen LogP contribution >= 0.6 is 0 Å². The molecule has 0 bridgehead atoms. The van der Waals surface area contributed by atoms with Crippen LogP contribution in [0.2, 0.25) is 0 Å². The van der Waals surface area contributed by atoms with E-state index >= 15 is 0 Å². The molecule has 1 aliphatic rings. The summed E-state index contributed by atoms with van der Waals surface area (Å²) in [6.07, 6.45) is 10.5. The summed E-state index contributed by atoms with van der Waals surface area (Å²) in [4.78, 5) is 0. The van der Waals surface area contributed by atoms with Crippen LogP contribution in [0.4, 0.5) is 0 Å². The van der Waals surface area contributed by atoms with Crippen molar-refractivity contribution in [3.63, 3.8) is 0 Å². The summed E-state index contributed by atoms with van der Waals surface area (Å²) in [5.74, 6) is 0. The molecule has 0 saturated carbocycles. The quantitative estimate of drug-likeness (QED) is 0.563. The predicted octanol–water partition coefficient (Wildman–Crippen LogP) is 2.27. The first-order valence-corrected chi connectivity index (χ1v) is 6.23. The van der Waals surface area contributed by atoms with E-state index in [1.165, 1.54) is 19.3 Å². The fourth-order valence-corrected chi connectivity index (χ4v) is 1.45. The third-order valence-electron chi connectivity index (χ3n) is 1.46. The fraction of sp³-hybridized carbons (Fsp3) is 0.556. The van der Waals surface area contributed by atoms with Crippen LogP contribution in [0.15, 0.2) is 22.4 Å². The first kappa shape index (κ1) is 10.1. The minimum atomic E-state index is 0.941. The Morgan fingerprint density at radius 1 is 1.40 bits per heavy atom. The van der Waals surface area contributed by atoms with Crippen LogP contribution in [0, 0.1) is 0 Å². The van der Waals surface area contributed by atoms with Gasteiger partial charge in [-0.15, -0.1) is 0 Å². The van der Waals surface area contributed by atoms with E-state index in [0.717, 1.165) is 18.6 Å². The topological polar surface area (TPSA) is 0 Å². The summed E-state index contributed by atoms with van der Waals surface area (Å²) < 4.78 is 1.66. The molecule has 0 fully saturated rings. The molecule has 1 rings (SSSR count). The Bertz CT molecular complexity index is 121. The van der Waals surface area contributed by atoms with E-state index in [1.54, 1.807) is 4.13 Å². The van der Waals surface area contributed by atoms with E-state index in [2.05, 4.69) is 32.1 Å². The molecule has 0 spiro atoms. The molecule has 0 N–H and O–H groups in total. The second-order valence-corrected chi connectivity index (χ2v) is 5.34. The van der Waals surface area contributed by atoms with E-state index in [9.17, 15) is 0 Å². The van der Waals surface area contributed by atoms with Crippen LogP contribution in [0.5, 0.6) is 0 Å². The zero-order valence-electron chi connectivity index (χ0n) is 7.35. The fourth-order valence-electron chi connectivity index (χ4n) is 0.554. The standard InChI is InChI=1S/C5H5.C4H10.Ga.2H/c1-2-4-5-3-1;1-3-4-2;;;/h1-3H,4H2;3-4H2,1-2H3;;;. The SMILES string of the molecule is CCCC.[GaH2][C]1=CC=CC1. The molecule has 1 aliphatic carbocycles. The third kappa shape index (κ3) is 6.24. The van der Waals surface area contributed by atoms with E-state index in [-0.39, 0.29) is 0 Å². The first-order valence-electron chi connectivity index (χ1n) is 4.13. The summed E-state index contributed by atoms with van der Waals surface area (Å²) in [6.45, 7) is 4.36. The van der Waals surface area contributed by atoms with E-state index < -0.39 is 0 Å². The number of rotatable bonds is 1. The predicted molar refractivity (Wildman–Crippen MR) is 51.0 cm³/mol. The normalized spacial score (nSPS) is 14.0. The van der Waals surface area contributed by atoms with Gasteiger partial charge in [0.1, 0.15) is 0 Å². The van der Waals surface area contributed by atoms with Gasteiger partial charge in [0.15, 0.2) is 0 Å². The van der Waals surface area contributed by atoms with Crippen molar-refractivity contribution in [3.8, 4) is 0 Å². The van der Waals surface area contributed by atoms with Crippen molar-refractivity contribution in [2.24, 2.45) is 0 Å². The van der Waals surface area contributed by atoms with Crippen LogP contribution < -0.4 is 0 Å². The maximum absolute atomic E-state index is 2.22. The molecule has 0 aromatic rings. The molecule has 0 saturated heterocycles. The van der Waals surface area contributed by atoms with Crippen molar-refractivity contribution in [3.05, 3.63) is 22.4 Å². The molecule has 0 aromatic heterocycles. The Balaban J connectivity index is 0.000000180. The van der Waals surface area contributed by atoms with E-state index in [4.69, 9.17) is 0 Å². The minimum absolute atomic E-state index is 0.941. The number of hydrogen-bond donors (Lipinski definition) is 0. The Morgan fingerprint density at radius 3 is 2.10 bits per heavy atom. The number of allylic oxidation sites excluding steroid dienone is 4. The number of hydrogen-bond acceptors (Lipinski definition) is 0. The molecule has 10 heavy (non-hydrogen) atoms. The van der Waals surface area contributed by atoms with E-state index in [1.807, 2.05) is 0 Å². The van der Waals surface area contributed by atoms with Gasteiger partial charge < -0.3 is 0 Å².